The Morgan fingerprint density at radius 3 is 2.94 bits per heavy atom. The third kappa shape index (κ3) is 2.30. The van der Waals surface area contributed by atoms with Gasteiger partial charge >= 0.3 is 0 Å². The van der Waals surface area contributed by atoms with Crippen molar-refractivity contribution >= 4 is 5.69 Å². The Morgan fingerprint density at radius 2 is 2.38 bits per heavy atom. The Kier molecular flexibility index (Phi) is 3.05. The van der Waals surface area contributed by atoms with Gasteiger partial charge in [-0.2, -0.15) is 0 Å². The lowest BCUT2D eigenvalue weighted by atomic mass is 10.2. The minimum atomic E-state index is -0.395. The number of nitro groups is 1. The highest BCUT2D eigenvalue weighted by atomic mass is 16.6. The standard InChI is InChI=1S/C11H14N2O3/c1-8-6-9(13(14)15)2-3-11(8)16-10-4-5-12-7-10/h2-3,6,10,12H,4-5,7H2,1H3/t10-/m1/s1. The van der Waals surface area contributed by atoms with Gasteiger partial charge in [-0.1, -0.05) is 0 Å². The molecule has 86 valence electrons. The van der Waals surface area contributed by atoms with E-state index in [9.17, 15) is 10.1 Å². The van der Waals surface area contributed by atoms with Gasteiger partial charge < -0.3 is 10.1 Å². The molecule has 0 saturated carbocycles. The van der Waals surface area contributed by atoms with E-state index in [0.29, 0.717) is 0 Å². The maximum atomic E-state index is 10.6. The van der Waals surface area contributed by atoms with Crippen LogP contribution >= 0.6 is 0 Å². The molecule has 1 aliphatic rings. The van der Waals surface area contributed by atoms with Gasteiger partial charge in [0.25, 0.3) is 5.69 Å². The molecular weight excluding hydrogens is 208 g/mol. The fraction of sp³-hybridized carbons (Fsp3) is 0.455. The Hall–Kier alpha value is -1.62. The van der Waals surface area contributed by atoms with Crippen LogP contribution in [0.2, 0.25) is 0 Å². The predicted molar refractivity (Wildman–Crippen MR) is 59.7 cm³/mol. The van der Waals surface area contributed by atoms with Gasteiger partial charge in [-0.05, 0) is 31.5 Å². The zero-order valence-electron chi connectivity index (χ0n) is 9.10. The number of nitro benzene ring substituents is 1. The lowest BCUT2D eigenvalue weighted by molar-refractivity contribution is -0.384. The van der Waals surface area contributed by atoms with Gasteiger partial charge in [-0.3, -0.25) is 10.1 Å². The molecule has 1 fully saturated rings. The van der Waals surface area contributed by atoms with Crippen LogP contribution in [0.15, 0.2) is 18.2 Å². The van der Waals surface area contributed by atoms with Gasteiger partial charge in [-0.15, -0.1) is 0 Å². The van der Waals surface area contributed by atoms with Gasteiger partial charge in [-0.25, -0.2) is 0 Å². The van der Waals surface area contributed by atoms with Gasteiger partial charge in [0.05, 0.1) is 4.92 Å². The number of non-ortho nitro benzene ring substituents is 1. The molecule has 5 nitrogen and oxygen atoms in total. The van der Waals surface area contributed by atoms with E-state index in [4.69, 9.17) is 4.74 Å². The summed E-state index contributed by atoms with van der Waals surface area (Å²) >= 11 is 0. The van der Waals surface area contributed by atoms with Crippen molar-refractivity contribution in [2.24, 2.45) is 0 Å². The topological polar surface area (TPSA) is 64.4 Å². The van der Waals surface area contributed by atoms with Gasteiger partial charge in [0.1, 0.15) is 11.9 Å². The van der Waals surface area contributed by atoms with E-state index < -0.39 is 4.92 Å². The third-order valence-corrected chi connectivity index (χ3v) is 2.68. The van der Waals surface area contributed by atoms with Crippen molar-refractivity contribution < 1.29 is 9.66 Å². The number of benzene rings is 1. The van der Waals surface area contributed by atoms with Gasteiger partial charge in [0.2, 0.25) is 0 Å². The molecule has 1 aromatic carbocycles. The number of ether oxygens (including phenoxy) is 1. The van der Waals surface area contributed by atoms with Gasteiger partial charge in [0.15, 0.2) is 0 Å². The Labute approximate surface area is 93.6 Å². The minimum Gasteiger partial charge on any atom is -0.489 e. The monoisotopic (exact) mass is 222 g/mol. The molecule has 0 amide bonds. The van der Waals surface area contributed by atoms with Crippen molar-refractivity contribution in [2.45, 2.75) is 19.4 Å². The number of nitrogens with one attached hydrogen (secondary N) is 1. The lowest BCUT2D eigenvalue weighted by Gasteiger charge is -2.14. The summed E-state index contributed by atoms with van der Waals surface area (Å²) in [5, 5.41) is 13.8. The summed E-state index contributed by atoms with van der Waals surface area (Å²) in [4.78, 5) is 10.2. The first-order valence-electron chi connectivity index (χ1n) is 5.29. The molecule has 0 aromatic heterocycles. The number of nitrogens with zero attached hydrogens (tertiary/aromatic N) is 1. The molecule has 1 aromatic rings. The molecule has 1 aliphatic heterocycles. The summed E-state index contributed by atoms with van der Waals surface area (Å²) in [5.41, 5.74) is 0.912. The van der Waals surface area contributed by atoms with E-state index in [1.807, 2.05) is 6.92 Å². The molecule has 2 rings (SSSR count). The van der Waals surface area contributed by atoms with Crippen LogP contribution in [0, 0.1) is 17.0 Å². The number of hydrogen-bond acceptors (Lipinski definition) is 4. The SMILES string of the molecule is Cc1cc([N+](=O)[O-])ccc1O[C@@H]1CCNC1. The van der Waals surface area contributed by atoms with Crippen molar-refractivity contribution in [3.63, 3.8) is 0 Å². The van der Waals surface area contributed by atoms with E-state index in [2.05, 4.69) is 5.32 Å². The molecule has 0 radical (unpaired) electrons. The smallest absolute Gasteiger partial charge is 0.269 e. The van der Waals surface area contributed by atoms with E-state index in [0.717, 1.165) is 30.8 Å². The van der Waals surface area contributed by atoms with E-state index >= 15 is 0 Å². The molecule has 1 N–H and O–H groups in total. The van der Waals surface area contributed by atoms with Gasteiger partial charge in [0, 0.05) is 18.7 Å². The zero-order chi connectivity index (χ0) is 11.5. The second-order valence-corrected chi connectivity index (χ2v) is 3.94. The highest BCUT2D eigenvalue weighted by Crippen LogP contribution is 2.24. The van der Waals surface area contributed by atoms with Crippen LogP contribution in [0.1, 0.15) is 12.0 Å². The Bertz CT molecular complexity index is 400. The van der Waals surface area contributed by atoms with Crippen molar-refractivity contribution in [1.82, 2.24) is 5.32 Å². The Balaban J connectivity index is 2.12. The highest BCUT2D eigenvalue weighted by Gasteiger charge is 2.17. The Morgan fingerprint density at radius 1 is 1.56 bits per heavy atom. The van der Waals surface area contributed by atoms with Crippen LogP contribution in [0.3, 0.4) is 0 Å². The molecule has 1 heterocycles. The van der Waals surface area contributed by atoms with Crippen LogP contribution < -0.4 is 10.1 Å². The predicted octanol–water partition coefficient (Wildman–Crippen LogP) is 1.64. The molecular formula is C11H14N2O3. The molecule has 0 aliphatic carbocycles. The molecule has 0 spiro atoms. The number of hydrogen-bond donors (Lipinski definition) is 1. The second-order valence-electron chi connectivity index (χ2n) is 3.94. The molecule has 0 bridgehead atoms. The van der Waals surface area contributed by atoms with E-state index in [1.165, 1.54) is 12.1 Å². The summed E-state index contributed by atoms with van der Waals surface area (Å²) in [7, 11) is 0. The summed E-state index contributed by atoms with van der Waals surface area (Å²) in [5.74, 6) is 0.735. The summed E-state index contributed by atoms with van der Waals surface area (Å²) < 4.78 is 5.76. The second kappa shape index (κ2) is 4.49. The van der Waals surface area contributed by atoms with Crippen molar-refractivity contribution in [1.29, 1.82) is 0 Å². The molecule has 0 unspecified atom stereocenters. The maximum Gasteiger partial charge on any atom is 0.269 e. The quantitative estimate of drug-likeness (QED) is 0.623. The normalized spacial score (nSPS) is 19.7. The largest absolute Gasteiger partial charge is 0.489 e. The maximum absolute atomic E-state index is 10.6. The van der Waals surface area contributed by atoms with E-state index in [1.54, 1.807) is 6.07 Å². The summed E-state index contributed by atoms with van der Waals surface area (Å²) in [6.45, 7) is 3.64. The fourth-order valence-electron chi connectivity index (χ4n) is 1.79. The summed E-state index contributed by atoms with van der Waals surface area (Å²) in [6, 6.07) is 4.69. The lowest BCUT2D eigenvalue weighted by Crippen LogP contribution is -2.19. The van der Waals surface area contributed by atoms with Crippen LogP contribution in [0.25, 0.3) is 0 Å². The zero-order valence-corrected chi connectivity index (χ0v) is 9.10. The first-order chi connectivity index (χ1) is 7.66. The fourth-order valence-corrected chi connectivity index (χ4v) is 1.79. The highest BCUT2D eigenvalue weighted by molar-refractivity contribution is 5.43. The molecule has 1 atom stereocenters. The first kappa shape index (κ1) is 10.9. The third-order valence-electron chi connectivity index (χ3n) is 2.68. The average Bonchev–Trinajstić information content (AvgIpc) is 2.73. The van der Waals surface area contributed by atoms with Crippen molar-refractivity contribution in [3.05, 3.63) is 33.9 Å². The first-order valence-corrected chi connectivity index (χ1v) is 5.29. The van der Waals surface area contributed by atoms with Crippen molar-refractivity contribution in [3.8, 4) is 5.75 Å². The minimum absolute atomic E-state index is 0.106. The van der Waals surface area contributed by atoms with Crippen molar-refractivity contribution in [2.75, 3.05) is 13.1 Å². The molecule has 5 heteroatoms. The molecule has 16 heavy (non-hydrogen) atoms. The summed E-state index contributed by atoms with van der Waals surface area (Å²) in [6.07, 6.45) is 1.16. The van der Waals surface area contributed by atoms with Crippen LogP contribution in [0.4, 0.5) is 5.69 Å². The molecule has 1 saturated heterocycles. The van der Waals surface area contributed by atoms with Crippen LogP contribution in [-0.2, 0) is 0 Å². The average molecular weight is 222 g/mol. The number of rotatable bonds is 3. The van der Waals surface area contributed by atoms with Crippen LogP contribution in [0.5, 0.6) is 5.75 Å². The van der Waals surface area contributed by atoms with E-state index in [-0.39, 0.29) is 11.8 Å². The van der Waals surface area contributed by atoms with Crippen LogP contribution in [-0.4, -0.2) is 24.1 Å². The number of aryl methyl sites for hydroxylation is 1.